The topological polar surface area (TPSA) is 66.4 Å². The van der Waals surface area contributed by atoms with Gasteiger partial charge in [-0.15, -0.1) is 0 Å². The van der Waals surface area contributed by atoms with E-state index in [1.54, 1.807) is 16.8 Å². The van der Waals surface area contributed by atoms with Gasteiger partial charge in [-0.2, -0.15) is 11.3 Å². The number of hydrogen-bond acceptors (Lipinski definition) is 4. The van der Waals surface area contributed by atoms with Crippen LogP contribution in [0.3, 0.4) is 0 Å². The minimum Gasteiger partial charge on any atom is -0.387 e. The van der Waals surface area contributed by atoms with Gasteiger partial charge in [0.15, 0.2) is 0 Å². The second kappa shape index (κ2) is 6.83. The van der Waals surface area contributed by atoms with E-state index in [4.69, 9.17) is 34.8 Å². The maximum atomic E-state index is 12.2. The third-order valence-electron chi connectivity index (χ3n) is 2.63. The quantitative estimate of drug-likeness (QED) is 0.823. The standard InChI is InChI=1S/C12H10Cl3NO3S2/c13-8-3-9(14)12(10(15)4-8)21(18,19)16-5-11(17)7-1-2-20-6-7/h1-4,6,11,16-17H,5H2. The molecule has 0 aliphatic carbocycles. The van der Waals surface area contributed by atoms with Crippen molar-refractivity contribution < 1.29 is 13.5 Å². The highest BCUT2D eigenvalue weighted by atomic mass is 35.5. The van der Waals surface area contributed by atoms with Crippen molar-refractivity contribution in [3.05, 3.63) is 49.6 Å². The van der Waals surface area contributed by atoms with Crippen LogP contribution in [0.25, 0.3) is 0 Å². The lowest BCUT2D eigenvalue weighted by atomic mass is 10.2. The molecule has 4 nitrogen and oxygen atoms in total. The van der Waals surface area contributed by atoms with Crippen molar-refractivity contribution in [1.29, 1.82) is 0 Å². The summed E-state index contributed by atoms with van der Waals surface area (Å²) in [5, 5.41) is 13.5. The van der Waals surface area contributed by atoms with Crippen molar-refractivity contribution in [3.8, 4) is 0 Å². The normalized spacial score (nSPS) is 13.3. The van der Waals surface area contributed by atoms with E-state index in [0.29, 0.717) is 5.56 Å². The number of halogens is 3. The fourth-order valence-electron chi connectivity index (χ4n) is 1.63. The molecule has 2 N–H and O–H groups in total. The van der Waals surface area contributed by atoms with Crippen molar-refractivity contribution in [1.82, 2.24) is 4.72 Å². The van der Waals surface area contributed by atoms with E-state index in [9.17, 15) is 13.5 Å². The van der Waals surface area contributed by atoms with E-state index in [1.165, 1.54) is 23.5 Å². The molecule has 9 heteroatoms. The Balaban J connectivity index is 2.20. The smallest absolute Gasteiger partial charge is 0.243 e. The summed E-state index contributed by atoms with van der Waals surface area (Å²) in [5.41, 5.74) is 0.635. The number of aliphatic hydroxyl groups is 1. The zero-order valence-corrected chi connectivity index (χ0v) is 14.3. The Morgan fingerprint density at radius 1 is 1.24 bits per heavy atom. The first-order chi connectivity index (χ1) is 9.81. The van der Waals surface area contributed by atoms with Crippen molar-refractivity contribution in [3.63, 3.8) is 0 Å². The lowest BCUT2D eigenvalue weighted by Gasteiger charge is -2.13. The number of thiophene rings is 1. The minimum atomic E-state index is -3.95. The lowest BCUT2D eigenvalue weighted by Crippen LogP contribution is -2.28. The van der Waals surface area contributed by atoms with E-state index >= 15 is 0 Å². The number of aliphatic hydroxyl groups excluding tert-OH is 1. The average Bonchev–Trinajstić information content (AvgIpc) is 2.88. The molecule has 21 heavy (non-hydrogen) atoms. The van der Waals surface area contributed by atoms with Crippen LogP contribution in [0.4, 0.5) is 0 Å². The first kappa shape index (κ1) is 17.0. The van der Waals surface area contributed by atoms with E-state index < -0.39 is 16.1 Å². The summed E-state index contributed by atoms with van der Waals surface area (Å²) < 4.78 is 26.7. The molecule has 1 aromatic carbocycles. The molecule has 2 aromatic rings. The van der Waals surface area contributed by atoms with Gasteiger partial charge in [-0.05, 0) is 34.5 Å². The van der Waals surface area contributed by atoms with Crippen LogP contribution < -0.4 is 4.72 Å². The summed E-state index contributed by atoms with van der Waals surface area (Å²) in [6, 6.07) is 4.30. The van der Waals surface area contributed by atoms with Crippen LogP contribution in [0.1, 0.15) is 11.7 Å². The fraction of sp³-hybridized carbons (Fsp3) is 0.167. The summed E-state index contributed by atoms with van der Waals surface area (Å²) in [7, 11) is -3.95. The molecule has 0 amide bonds. The van der Waals surface area contributed by atoms with Crippen molar-refractivity contribution in [2.75, 3.05) is 6.54 Å². The maximum Gasteiger partial charge on any atom is 0.243 e. The summed E-state index contributed by atoms with van der Waals surface area (Å²) >= 11 is 18.9. The molecule has 1 aromatic heterocycles. The monoisotopic (exact) mass is 385 g/mol. The molecule has 0 aliphatic heterocycles. The maximum absolute atomic E-state index is 12.2. The van der Waals surface area contributed by atoms with Crippen LogP contribution in [-0.2, 0) is 10.0 Å². The average molecular weight is 387 g/mol. The third-order valence-corrected chi connectivity index (χ3v) is 5.89. The van der Waals surface area contributed by atoms with Gasteiger partial charge in [0.25, 0.3) is 0 Å². The van der Waals surface area contributed by atoms with Gasteiger partial charge in [0.1, 0.15) is 4.90 Å². The van der Waals surface area contributed by atoms with Gasteiger partial charge in [-0.1, -0.05) is 34.8 Å². The molecule has 1 heterocycles. The van der Waals surface area contributed by atoms with Crippen LogP contribution in [0, 0.1) is 0 Å². The molecule has 0 aliphatic rings. The highest BCUT2D eigenvalue weighted by molar-refractivity contribution is 7.89. The van der Waals surface area contributed by atoms with Crippen molar-refractivity contribution in [2.45, 2.75) is 11.0 Å². The fourth-order valence-corrected chi connectivity index (χ4v) is 4.92. The van der Waals surface area contributed by atoms with Gasteiger partial charge in [0, 0.05) is 11.6 Å². The van der Waals surface area contributed by atoms with Crippen LogP contribution in [-0.4, -0.2) is 20.1 Å². The molecule has 0 spiro atoms. The van der Waals surface area contributed by atoms with Crippen molar-refractivity contribution >= 4 is 56.2 Å². The molecule has 114 valence electrons. The molecular weight excluding hydrogens is 377 g/mol. The number of nitrogens with one attached hydrogen (secondary N) is 1. The van der Waals surface area contributed by atoms with Crippen LogP contribution in [0.5, 0.6) is 0 Å². The zero-order chi connectivity index (χ0) is 15.6. The molecule has 0 saturated carbocycles. The summed E-state index contributed by atoms with van der Waals surface area (Å²) in [4.78, 5) is -0.257. The first-order valence-corrected chi connectivity index (χ1v) is 9.21. The Kier molecular flexibility index (Phi) is 5.54. The highest BCUT2D eigenvalue weighted by Crippen LogP contribution is 2.32. The Morgan fingerprint density at radius 3 is 2.38 bits per heavy atom. The molecule has 2 rings (SSSR count). The molecular formula is C12H10Cl3NO3S2. The van der Waals surface area contributed by atoms with E-state index in [-0.39, 0.29) is 26.5 Å². The second-order valence-corrected chi connectivity index (χ2v) is 7.86. The van der Waals surface area contributed by atoms with Gasteiger partial charge < -0.3 is 5.11 Å². The number of sulfonamides is 1. The molecule has 1 unspecified atom stereocenters. The number of hydrogen-bond donors (Lipinski definition) is 2. The Hall–Kier alpha value is -0.340. The minimum absolute atomic E-state index is 0.0787. The molecule has 1 atom stereocenters. The molecule has 0 saturated heterocycles. The summed E-state index contributed by atoms with van der Waals surface area (Å²) in [6.07, 6.45) is -0.948. The third kappa shape index (κ3) is 4.10. The van der Waals surface area contributed by atoms with Gasteiger partial charge in [-0.25, -0.2) is 13.1 Å². The highest BCUT2D eigenvalue weighted by Gasteiger charge is 2.23. The second-order valence-electron chi connectivity index (χ2n) is 4.12. The largest absolute Gasteiger partial charge is 0.387 e. The van der Waals surface area contributed by atoms with Gasteiger partial charge in [0.05, 0.1) is 16.1 Å². The number of benzene rings is 1. The predicted octanol–water partition coefficient (Wildman–Crippen LogP) is 3.72. The molecule has 0 fully saturated rings. The van der Waals surface area contributed by atoms with E-state index in [2.05, 4.69) is 4.72 Å². The predicted molar refractivity (Wildman–Crippen MR) is 85.9 cm³/mol. The van der Waals surface area contributed by atoms with Gasteiger partial charge in [0.2, 0.25) is 10.0 Å². The van der Waals surface area contributed by atoms with Crippen LogP contribution in [0.2, 0.25) is 15.1 Å². The van der Waals surface area contributed by atoms with Gasteiger partial charge >= 0.3 is 0 Å². The number of rotatable bonds is 5. The molecule has 0 radical (unpaired) electrons. The van der Waals surface area contributed by atoms with Crippen LogP contribution >= 0.6 is 46.1 Å². The van der Waals surface area contributed by atoms with Crippen molar-refractivity contribution in [2.24, 2.45) is 0 Å². The lowest BCUT2D eigenvalue weighted by molar-refractivity contribution is 0.182. The Bertz CT molecular complexity index is 709. The van der Waals surface area contributed by atoms with E-state index in [0.717, 1.165) is 0 Å². The first-order valence-electron chi connectivity index (χ1n) is 5.65. The van der Waals surface area contributed by atoms with E-state index in [1.807, 2.05) is 0 Å². The zero-order valence-electron chi connectivity index (χ0n) is 10.4. The van der Waals surface area contributed by atoms with Crippen LogP contribution in [0.15, 0.2) is 33.9 Å². The summed E-state index contributed by atoms with van der Waals surface area (Å²) in [5.74, 6) is 0. The Morgan fingerprint density at radius 2 is 1.86 bits per heavy atom. The SMILES string of the molecule is O=S(=O)(NCC(O)c1ccsc1)c1c(Cl)cc(Cl)cc1Cl. The molecule has 0 bridgehead atoms. The van der Waals surface area contributed by atoms with Gasteiger partial charge in [-0.3, -0.25) is 0 Å². The Labute approximate surface area is 141 Å². The summed E-state index contributed by atoms with van der Waals surface area (Å²) in [6.45, 7) is -0.186.